The Morgan fingerprint density at radius 1 is 1.30 bits per heavy atom. The molecule has 1 heterocycles. The maximum atomic E-state index is 4.45. The van der Waals surface area contributed by atoms with Gasteiger partial charge < -0.3 is 15.1 Å². The van der Waals surface area contributed by atoms with E-state index in [1.807, 2.05) is 6.20 Å². The molecular weight excluding hydrogens is 248 g/mol. The minimum absolute atomic E-state index is 0.494. The van der Waals surface area contributed by atoms with Crippen molar-refractivity contribution in [2.24, 2.45) is 0 Å². The first kappa shape index (κ1) is 16.9. The molecule has 0 aliphatic rings. The molecule has 1 aromatic heterocycles. The molecule has 0 saturated heterocycles. The fourth-order valence-electron chi connectivity index (χ4n) is 2.51. The topological polar surface area (TPSA) is 31.4 Å². The third-order valence-corrected chi connectivity index (χ3v) is 3.37. The zero-order chi connectivity index (χ0) is 15.0. The van der Waals surface area contributed by atoms with Crippen LogP contribution in [0.5, 0.6) is 0 Å². The Labute approximate surface area is 124 Å². The molecule has 0 amide bonds. The summed E-state index contributed by atoms with van der Waals surface area (Å²) < 4.78 is 0. The molecule has 1 aromatic rings. The van der Waals surface area contributed by atoms with Gasteiger partial charge in [0, 0.05) is 37.6 Å². The number of likely N-dealkylation sites (N-methyl/N-ethyl adjacent to an activating group) is 2. The van der Waals surface area contributed by atoms with Gasteiger partial charge in [-0.25, -0.2) is 0 Å². The van der Waals surface area contributed by atoms with Crippen LogP contribution in [0.4, 0.5) is 5.69 Å². The molecule has 4 nitrogen and oxygen atoms in total. The normalized spacial score (nSPS) is 12.7. The molecule has 0 spiro atoms. The molecule has 1 rings (SSSR count). The molecule has 0 aliphatic carbocycles. The Hall–Kier alpha value is -1.13. The monoisotopic (exact) mass is 278 g/mol. The smallest absolute Gasteiger partial charge is 0.0562 e. The summed E-state index contributed by atoms with van der Waals surface area (Å²) in [5.74, 6) is 0. The Kier molecular flexibility index (Phi) is 7.55. The summed E-state index contributed by atoms with van der Waals surface area (Å²) in [4.78, 5) is 9.12. The van der Waals surface area contributed by atoms with Crippen LogP contribution in [0.2, 0.25) is 0 Å². The first-order valence-corrected chi connectivity index (χ1v) is 7.65. The van der Waals surface area contributed by atoms with Gasteiger partial charge in [-0.1, -0.05) is 6.92 Å². The summed E-state index contributed by atoms with van der Waals surface area (Å²) in [6.45, 7) is 10.6. The second-order valence-corrected chi connectivity index (χ2v) is 5.58. The average molecular weight is 278 g/mol. The number of hydrogen-bond acceptors (Lipinski definition) is 4. The van der Waals surface area contributed by atoms with Gasteiger partial charge in [0.05, 0.1) is 5.69 Å². The molecule has 20 heavy (non-hydrogen) atoms. The number of nitrogens with one attached hydrogen (secondary N) is 1. The third kappa shape index (κ3) is 5.47. The van der Waals surface area contributed by atoms with E-state index in [4.69, 9.17) is 0 Å². The van der Waals surface area contributed by atoms with Crippen LogP contribution in [0.15, 0.2) is 18.3 Å². The van der Waals surface area contributed by atoms with Gasteiger partial charge in [-0.05, 0) is 53.0 Å². The number of pyridine rings is 1. The summed E-state index contributed by atoms with van der Waals surface area (Å²) in [6, 6.07) is 4.81. The Morgan fingerprint density at radius 3 is 2.65 bits per heavy atom. The van der Waals surface area contributed by atoms with Crippen molar-refractivity contribution in [2.75, 3.05) is 38.6 Å². The van der Waals surface area contributed by atoms with Crippen molar-refractivity contribution in [3.8, 4) is 0 Å². The molecule has 0 radical (unpaired) electrons. The summed E-state index contributed by atoms with van der Waals surface area (Å²) in [5, 5.41) is 3.41. The molecule has 114 valence electrons. The lowest BCUT2D eigenvalue weighted by Gasteiger charge is -2.32. The number of aromatic nitrogens is 1. The standard InChI is InChI=1S/C16H30N4/c1-6-9-17-12-15-11-16(8-10-18-15)20(7-2)14(3)13-19(4)5/h8,10-11,14,17H,6-7,9,12-13H2,1-5H3. The summed E-state index contributed by atoms with van der Waals surface area (Å²) in [7, 11) is 4.24. The maximum absolute atomic E-state index is 4.45. The van der Waals surface area contributed by atoms with Gasteiger partial charge in [-0.2, -0.15) is 0 Å². The number of anilines is 1. The van der Waals surface area contributed by atoms with Crippen LogP contribution in [0.25, 0.3) is 0 Å². The van der Waals surface area contributed by atoms with Crippen molar-refractivity contribution in [3.05, 3.63) is 24.0 Å². The zero-order valence-corrected chi connectivity index (χ0v) is 13.7. The van der Waals surface area contributed by atoms with Gasteiger partial charge in [-0.3, -0.25) is 4.98 Å². The Balaban J connectivity index is 2.74. The SMILES string of the molecule is CCCNCc1cc(N(CC)C(C)CN(C)C)ccn1. The van der Waals surface area contributed by atoms with Crippen LogP contribution in [0.1, 0.15) is 32.9 Å². The quantitative estimate of drug-likeness (QED) is 0.703. The molecule has 0 saturated carbocycles. The fourth-order valence-corrected chi connectivity index (χ4v) is 2.51. The van der Waals surface area contributed by atoms with E-state index in [1.54, 1.807) is 0 Å². The van der Waals surface area contributed by atoms with Crippen molar-refractivity contribution in [1.82, 2.24) is 15.2 Å². The van der Waals surface area contributed by atoms with Crippen LogP contribution < -0.4 is 10.2 Å². The Morgan fingerprint density at radius 2 is 2.05 bits per heavy atom. The van der Waals surface area contributed by atoms with Gasteiger partial charge in [0.15, 0.2) is 0 Å². The highest BCUT2D eigenvalue weighted by Crippen LogP contribution is 2.17. The molecule has 0 aromatic carbocycles. The minimum atomic E-state index is 0.494. The van der Waals surface area contributed by atoms with E-state index in [0.29, 0.717) is 6.04 Å². The average Bonchev–Trinajstić information content (AvgIpc) is 2.39. The zero-order valence-electron chi connectivity index (χ0n) is 13.7. The maximum Gasteiger partial charge on any atom is 0.0562 e. The molecule has 1 N–H and O–H groups in total. The second kappa shape index (κ2) is 8.93. The molecule has 1 atom stereocenters. The van der Waals surface area contributed by atoms with Crippen LogP contribution >= 0.6 is 0 Å². The van der Waals surface area contributed by atoms with Gasteiger partial charge in [-0.15, -0.1) is 0 Å². The summed E-state index contributed by atoms with van der Waals surface area (Å²) in [5.41, 5.74) is 2.39. The predicted octanol–water partition coefficient (Wildman–Crippen LogP) is 2.36. The van der Waals surface area contributed by atoms with Gasteiger partial charge in [0.2, 0.25) is 0 Å². The lowest BCUT2D eigenvalue weighted by atomic mass is 10.2. The molecule has 0 aliphatic heterocycles. The molecule has 1 unspecified atom stereocenters. The highest BCUT2D eigenvalue weighted by Gasteiger charge is 2.14. The van der Waals surface area contributed by atoms with Gasteiger partial charge in [0.25, 0.3) is 0 Å². The van der Waals surface area contributed by atoms with E-state index in [-0.39, 0.29) is 0 Å². The van der Waals surface area contributed by atoms with Crippen molar-refractivity contribution in [1.29, 1.82) is 0 Å². The largest absolute Gasteiger partial charge is 0.368 e. The van der Waals surface area contributed by atoms with E-state index in [1.165, 1.54) is 5.69 Å². The second-order valence-electron chi connectivity index (χ2n) is 5.58. The van der Waals surface area contributed by atoms with Crippen molar-refractivity contribution >= 4 is 5.69 Å². The molecule has 4 heteroatoms. The van der Waals surface area contributed by atoms with E-state index in [9.17, 15) is 0 Å². The van der Waals surface area contributed by atoms with Crippen LogP contribution in [0, 0.1) is 0 Å². The third-order valence-electron chi connectivity index (χ3n) is 3.37. The highest BCUT2D eigenvalue weighted by atomic mass is 15.2. The predicted molar refractivity (Wildman–Crippen MR) is 87.3 cm³/mol. The van der Waals surface area contributed by atoms with Crippen LogP contribution in [-0.4, -0.2) is 49.7 Å². The van der Waals surface area contributed by atoms with Gasteiger partial charge in [0.1, 0.15) is 0 Å². The number of hydrogen-bond donors (Lipinski definition) is 1. The number of rotatable bonds is 9. The summed E-state index contributed by atoms with van der Waals surface area (Å²) in [6.07, 6.45) is 3.07. The van der Waals surface area contributed by atoms with Crippen LogP contribution in [-0.2, 0) is 6.54 Å². The molecular formula is C16H30N4. The lowest BCUT2D eigenvalue weighted by molar-refractivity contribution is 0.373. The molecule has 0 fully saturated rings. The minimum Gasteiger partial charge on any atom is -0.368 e. The Bertz CT molecular complexity index is 378. The lowest BCUT2D eigenvalue weighted by Crippen LogP contribution is -2.40. The fraction of sp³-hybridized carbons (Fsp3) is 0.688. The van der Waals surface area contributed by atoms with E-state index in [0.717, 1.165) is 38.3 Å². The first-order valence-electron chi connectivity index (χ1n) is 7.65. The number of nitrogens with zero attached hydrogens (tertiary/aromatic N) is 3. The highest BCUT2D eigenvalue weighted by molar-refractivity contribution is 5.47. The van der Waals surface area contributed by atoms with Crippen molar-refractivity contribution in [3.63, 3.8) is 0 Å². The van der Waals surface area contributed by atoms with E-state index >= 15 is 0 Å². The first-order chi connectivity index (χ1) is 9.58. The van der Waals surface area contributed by atoms with Gasteiger partial charge >= 0.3 is 0 Å². The van der Waals surface area contributed by atoms with Crippen molar-refractivity contribution < 1.29 is 0 Å². The summed E-state index contributed by atoms with van der Waals surface area (Å²) >= 11 is 0. The molecule has 0 bridgehead atoms. The van der Waals surface area contributed by atoms with Crippen molar-refractivity contribution in [2.45, 2.75) is 39.8 Å². The van der Waals surface area contributed by atoms with Crippen LogP contribution in [0.3, 0.4) is 0 Å². The van der Waals surface area contributed by atoms with E-state index < -0.39 is 0 Å². The van der Waals surface area contributed by atoms with E-state index in [2.05, 4.69) is 67.1 Å².